The van der Waals surface area contributed by atoms with Crippen molar-refractivity contribution in [1.29, 1.82) is 0 Å². The van der Waals surface area contributed by atoms with Crippen LogP contribution in [0.1, 0.15) is 12.0 Å². The summed E-state index contributed by atoms with van der Waals surface area (Å²) in [5.41, 5.74) is 6.03. The number of primary amides is 1. The van der Waals surface area contributed by atoms with E-state index in [1.807, 2.05) is 30.3 Å². The molecule has 78 valence electrons. The summed E-state index contributed by atoms with van der Waals surface area (Å²) in [4.78, 5) is 15.0. The molecule has 1 heterocycles. The Hall–Kier alpha value is -1.84. The molecule has 15 heavy (non-hydrogen) atoms. The first-order chi connectivity index (χ1) is 7.25. The van der Waals surface area contributed by atoms with Crippen molar-refractivity contribution in [2.24, 2.45) is 10.7 Å². The molecule has 0 bridgehead atoms. The Morgan fingerprint density at radius 3 is 2.87 bits per heavy atom. The molecule has 0 spiro atoms. The van der Waals surface area contributed by atoms with Crippen LogP contribution in [0.3, 0.4) is 0 Å². The summed E-state index contributed by atoms with van der Waals surface area (Å²) in [5.74, 6) is 0.253. The average Bonchev–Trinajstić information content (AvgIpc) is 2.67. The van der Waals surface area contributed by atoms with Gasteiger partial charge in [-0.15, -0.1) is 0 Å². The Morgan fingerprint density at radius 2 is 2.20 bits per heavy atom. The fraction of sp³-hybridized carbons (Fsp3) is 0.273. The second-order valence-electron chi connectivity index (χ2n) is 3.44. The zero-order valence-corrected chi connectivity index (χ0v) is 8.22. The third-order valence-corrected chi connectivity index (χ3v) is 2.17. The Kier molecular flexibility index (Phi) is 2.67. The summed E-state index contributed by atoms with van der Waals surface area (Å²) in [6.07, 6.45) is 0.246. The first kappa shape index (κ1) is 9.71. The van der Waals surface area contributed by atoms with Crippen molar-refractivity contribution in [1.82, 2.24) is 0 Å². The van der Waals surface area contributed by atoms with Gasteiger partial charge in [-0.25, -0.2) is 4.99 Å². The van der Waals surface area contributed by atoms with E-state index >= 15 is 0 Å². The Bertz CT molecular complexity index is 387. The van der Waals surface area contributed by atoms with E-state index in [9.17, 15) is 4.79 Å². The molecule has 1 aromatic rings. The van der Waals surface area contributed by atoms with Gasteiger partial charge in [0.25, 0.3) is 0 Å². The number of nitrogens with zero attached hydrogens (tertiary/aromatic N) is 1. The Morgan fingerprint density at radius 1 is 1.47 bits per heavy atom. The molecule has 0 saturated carbocycles. The number of hydrogen-bond donors (Lipinski definition) is 1. The quantitative estimate of drug-likeness (QED) is 0.787. The molecule has 1 aromatic carbocycles. The second kappa shape index (κ2) is 4.13. The molecule has 1 aliphatic heterocycles. The van der Waals surface area contributed by atoms with Gasteiger partial charge in [-0.05, 0) is 12.1 Å². The Balaban J connectivity index is 2.10. The third kappa shape index (κ3) is 2.34. The number of carbonyl (C=O) groups excluding carboxylic acids is 1. The minimum absolute atomic E-state index is 0.127. The van der Waals surface area contributed by atoms with Crippen LogP contribution in [-0.2, 0) is 9.53 Å². The van der Waals surface area contributed by atoms with Gasteiger partial charge < -0.3 is 10.5 Å². The van der Waals surface area contributed by atoms with Crippen LogP contribution in [-0.4, -0.2) is 24.5 Å². The first-order valence-electron chi connectivity index (χ1n) is 4.80. The molecule has 0 radical (unpaired) electrons. The molecule has 2 rings (SSSR count). The minimum Gasteiger partial charge on any atom is -0.475 e. The average molecular weight is 204 g/mol. The van der Waals surface area contributed by atoms with Gasteiger partial charge in [0.05, 0.1) is 12.5 Å². The van der Waals surface area contributed by atoms with Crippen LogP contribution in [0.2, 0.25) is 0 Å². The van der Waals surface area contributed by atoms with Crippen molar-refractivity contribution < 1.29 is 9.53 Å². The van der Waals surface area contributed by atoms with E-state index in [-0.39, 0.29) is 18.4 Å². The van der Waals surface area contributed by atoms with E-state index in [1.54, 1.807) is 0 Å². The smallest absolute Gasteiger partial charge is 0.219 e. The summed E-state index contributed by atoms with van der Waals surface area (Å²) >= 11 is 0. The maximum absolute atomic E-state index is 10.7. The lowest BCUT2D eigenvalue weighted by molar-refractivity contribution is -0.118. The van der Waals surface area contributed by atoms with E-state index in [4.69, 9.17) is 10.5 Å². The monoisotopic (exact) mass is 204 g/mol. The normalized spacial score (nSPS) is 19.5. The SMILES string of the molecule is NC(=O)C[C@H]1COC(c2ccccc2)=N1. The zero-order valence-electron chi connectivity index (χ0n) is 8.22. The van der Waals surface area contributed by atoms with Crippen molar-refractivity contribution in [3.8, 4) is 0 Å². The predicted molar refractivity (Wildman–Crippen MR) is 56.5 cm³/mol. The van der Waals surface area contributed by atoms with E-state index < -0.39 is 0 Å². The number of amides is 1. The van der Waals surface area contributed by atoms with Crippen LogP contribution in [0, 0.1) is 0 Å². The molecule has 2 N–H and O–H groups in total. The van der Waals surface area contributed by atoms with Gasteiger partial charge in [-0.1, -0.05) is 18.2 Å². The number of hydrogen-bond acceptors (Lipinski definition) is 3. The predicted octanol–water partition coefficient (Wildman–Crippen LogP) is 0.707. The van der Waals surface area contributed by atoms with Crippen LogP contribution in [0.25, 0.3) is 0 Å². The van der Waals surface area contributed by atoms with Crippen LogP contribution in [0.4, 0.5) is 0 Å². The molecule has 0 aromatic heterocycles. The molecule has 1 amide bonds. The topological polar surface area (TPSA) is 64.7 Å². The van der Waals surface area contributed by atoms with E-state index in [0.29, 0.717) is 12.5 Å². The van der Waals surface area contributed by atoms with Crippen LogP contribution in [0.15, 0.2) is 35.3 Å². The standard InChI is InChI=1S/C11H12N2O2/c12-10(14)6-9-7-15-11(13-9)8-4-2-1-3-5-8/h1-5,9H,6-7H2,(H2,12,14)/t9-/m0/s1. The fourth-order valence-corrected chi connectivity index (χ4v) is 1.49. The van der Waals surface area contributed by atoms with Gasteiger partial charge in [0.15, 0.2) is 0 Å². The van der Waals surface area contributed by atoms with Crippen LogP contribution >= 0.6 is 0 Å². The van der Waals surface area contributed by atoms with Crippen molar-refractivity contribution >= 4 is 11.8 Å². The van der Waals surface area contributed by atoms with Gasteiger partial charge >= 0.3 is 0 Å². The molecule has 4 nitrogen and oxygen atoms in total. The second-order valence-corrected chi connectivity index (χ2v) is 3.44. The van der Waals surface area contributed by atoms with Gasteiger partial charge in [-0.2, -0.15) is 0 Å². The van der Waals surface area contributed by atoms with Crippen molar-refractivity contribution in [3.05, 3.63) is 35.9 Å². The highest BCUT2D eigenvalue weighted by Crippen LogP contribution is 2.13. The number of carbonyl (C=O) groups is 1. The third-order valence-electron chi connectivity index (χ3n) is 2.17. The van der Waals surface area contributed by atoms with E-state index in [0.717, 1.165) is 5.56 Å². The molecular weight excluding hydrogens is 192 g/mol. The molecule has 0 saturated heterocycles. The molecule has 0 aliphatic carbocycles. The van der Waals surface area contributed by atoms with Gasteiger partial charge in [-0.3, -0.25) is 4.79 Å². The Labute approximate surface area is 87.8 Å². The lowest BCUT2D eigenvalue weighted by Crippen LogP contribution is -2.19. The van der Waals surface area contributed by atoms with E-state index in [2.05, 4.69) is 4.99 Å². The highest BCUT2D eigenvalue weighted by Gasteiger charge is 2.21. The van der Waals surface area contributed by atoms with Gasteiger partial charge in [0.2, 0.25) is 11.8 Å². The zero-order chi connectivity index (χ0) is 10.7. The summed E-state index contributed by atoms with van der Waals surface area (Å²) in [6.45, 7) is 0.438. The number of aliphatic imine (C=N–C) groups is 1. The highest BCUT2D eigenvalue weighted by molar-refractivity contribution is 5.95. The number of ether oxygens (including phenoxy) is 1. The molecule has 0 fully saturated rings. The fourth-order valence-electron chi connectivity index (χ4n) is 1.49. The minimum atomic E-state index is -0.346. The van der Waals surface area contributed by atoms with E-state index in [1.165, 1.54) is 0 Å². The van der Waals surface area contributed by atoms with Crippen LogP contribution in [0.5, 0.6) is 0 Å². The van der Waals surface area contributed by atoms with Crippen molar-refractivity contribution in [2.75, 3.05) is 6.61 Å². The molecule has 4 heteroatoms. The number of benzene rings is 1. The van der Waals surface area contributed by atoms with Gasteiger partial charge in [0, 0.05) is 5.56 Å². The summed E-state index contributed by atoms with van der Waals surface area (Å²) in [7, 11) is 0. The maximum Gasteiger partial charge on any atom is 0.219 e. The maximum atomic E-state index is 10.7. The first-order valence-corrected chi connectivity index (χ1v) is 4.80. The lowest BCUT2D eigenvalue weighted by Gasteiger charge is -1.99. The molecule has 1 atom stereocenters. The molecular formula is C11H12N2O2. The molecule has 0 unspecified atom stereocenters. The van der Waals surface area contributed by atoms with Crippen molar-refractivity contribution in [2.45, 2.75) is 12.5 Å². The lowest BCUT2D eigenvalue weighted by atomic mass is 10.2. The number of rotatable bonds is 3. The summed E-state index contributed by atoms with van der Waals surface area (Å²) < 4.78 is 5.39. The van der Waals surface area contributed by atoms with Crippen molar-refractivity contribution in [3.63, 3.8) is 0 Å². The highest BCUT2D eigenvalue weighted by atomic mass is 16.5. The van der Waals surface area contributed by atoms with Gasteiger partial charge in [0.1, 0.15) is 6.61 Å². The molecule has 1 aliphatic rings. The summed E-state index contributed by atoms with van der Waals surface area (Å²) in [6, 6.07) is 9.49. The summed E-state index contributed by atoms with van der Waals surface area (Å²) in [5, 5.41) is 0. The number of nitrogens with two attached hydrogens (primary N) is 1. The van der Waals surface area contributed by atoms with Crippen LogP contribution < -0.4 is 5.73 Å². The largest absolute Gasteiger partial charge is 0.475 e.